The molecule has 0 radical (unpaired) electrons. The molecule has 1 N–H and O–H groups in total. The Morgan fingerprint density at radius 2 is 1.78 bits per heavy atom. The first-order valence-corrected chi connectivity index (χ1v) is 8.55. The molecule has 23 heavy (non-hydrogen) atoms. The first kappa shape index (κ1) is 16.0. The molecule has 1 aromatic rings. The molecule has 2 aliphatic heterocycles. The number of amides is 3. The number of urea groups is 1. The molecule has 5 nitrogen and oxygen atoms in total. The maximum absolute atomic E-state index is 13.0. The van der Waals surface area contributed by atoms with Crippen molar-refractivity contribution < 1.29 is 9.59 Å². The van der Waals surface area contributed by atoms with Crippen LogP contribution < -0.4 is 5.32 Å². The average molecular weight is 315 g/mol. The minimum Gasteiger partial charge on any atom is -0.323 e. The highest BCUT2D eigenvalue weighted by atomic mass is 16.2. The van der Waals surface area contributed by atoms with Crippen molar-refractivity contribution >= 4 is 11.9 Å². The maximum atomic E-state index is 13.0. The highest BCUT2D eigenvalue weighted by molar-refractivity contribution is 6.07. The Bertz CT molecular complexity index is 569. The molecular weight excluding hydrogens is 290 g/mol. The molecule has 0 bridgehead atoms. The third-order valence-electron chi connectivity index (χ3n) is 4.99. The lowest BCUT2D eigenvalue weighted by molar-refractivity contribution is -0.133. The summed E-state index contributed by atoms with van der Waals surface area (Å²) in [5, 5.41) is 2.97. The summed E-state index contributed by atoms with van der Waals surface area (Å²) in [5.41, 5.74) is 0.275. The Morgan fingerprint density at radius 3 is 2.43 bits per heavy atom. The van der Waals surface area contributed by atoms with Crippen molar-refractivity contribution in [3.8, 4) is 0 Å². The predicted octanol–water partition coefficient (Wildman–Crippen LogP) is 2.37. The van der Waals surface area contributed by atoms with E-state index in [0.29, 0.717) is 19.5 Å². The number of piperidine rings is 1. The summed E-state index contributed by atoms with van der Waals surface area (Å²) >= 11 is 0. The van der Waals surface area contributed by atoms with Gasteiger partial charge in [-0.3, -0.25) is 9.69 Å². The van der Waals surface area contributed by atoms with Crippen molar-refractivity contribution in [2.24, 2.45) is 0 Å². The average Bonchev–Trinajstić information content (AvgIpc) is 2.81. The number of nitrogens with zero attached hydrogens (tertiary/aromatic N) is 2. The number of benzene rings is 1. The molecule has 2 saturated heterocycles. The summed E-state index contributed by atoms with van der Waals surface area (Å²) in [4.78, 5) is 29.0. The van der Waals surface area contributed by atoms with Crippen LogP contribution in [0.4, 0.5) is 4.79 Å². The van der Waals surface area contributed by atoms with Crippen molar-refractivity contribution in [2.75, 3.05) is 19.8 Å². The number of carbonyl (C=O) groups is 2. The summed E-state index contributed by atoms with van der Waals surface area (Å²) < 4.78 is 0. The van der Waals surface area contributed by atoms with Crippen molar-refractivity contribution in [1.82, 2.24) is 15.1 Å². The molecule has 0 aliphatic carbocycles. The van der Waals surface area contributed by atoms with Gasteiger partial charge in [0.15, 0.2) is 0 Å². The molecule has 1 atom stereocenters. The Morgan fingerprint density at radius 1 is 1.09 bits per heavy atom. The van der Waals surface area contributed by atoms with Crippen LogP contribution in [-0.4, -0.2) is 47.0 Å². The molecule has 3 rings (SSSR count). The van der Waals surface area contributed by atoms with E-state index in [1.165, 1.54) is 11.3 Å². The summed E-state index contributed by atoms with van der Waals surface area (Å²) in [5.74, 6) is -0.0839. The van der Waals surface area contributed by atoms with Gasteiger partial charge in [-0.25, -0.2) is 9.69 Å². The van der Waals surface area contributed by atoms with Crippen LogP contribution in [0.15, 0.2) is 30.3 Å². The Labute approximate surface area is 137 Å². The van der Waals surface area contributed by atoms with Gasteiger partial charge in [0.1, 0.15) is 5.54 Å². The number of carbonyl (C=O) groups excluding carboxylic acids is 2. The van der Waals surface area contributed by atoms with Crippen LogP contribution in [0.1, 0.15) is 38.2 Å². The second-order valence-corrected chi connectivity index (χ2v) is 6.58. The van der Waals surface area contributed by atoms with Gasteiger partial charge in [-0.15, -0.1) is 0 Å². The molecule has 2 aliphatic rings. The largest absolute Gasteiger partial charge is 0.326 e. The fourth-order valence-corrected chi connectivity index (χ4v) is 3.53. The molecule has 2 fully saturated rings. The van der Waals surface area contributed by atoms with E-state index in [2.05, 4.69) is 10.2 Å². The van der Waals surface area contributed by atoms with Crippen LogP contribution >= 0.6 is 0 Å². The Kier molecular flexibility index (Phi) is 4.66. The quantitative estimate of drug-likeness (QED) is 0.849. The lowest BCUT2D eigenvalue weighted by Crippen LogP contribution is -2.49. The minimum absolute atomic E-state index is 0.0839. The number of imide groups is 1. The van der Waals surface area contributed by atoms with E-state index in [-0.39, 0.29) is 11.9 Å². The number of rotatable bonds is 5. The van der Waals surface area contributed by atoms with Crippen LogP contribution in [0.2, 0.25) is 0 Å². The maximum Gasteiger partial charge on any atom is 0.326 e. The topological polar surface area (TPSA) is 52.7 Å². The van der Waals surface area contributed by atoms with Gasteiger partial charge in [0.05, 0.1) is 6.67 Å². The van der Waals surface area contributed by atoms with Gasteiger partial charge in [0, 0.05) is 6.42 Å². The summed E-state index contributed by atoms with van der Waals surface area (Å²) in [6, 6.07) is 9.64. The van der Waals surface area contributed by atoms with Crippen LogP contribution in [-0.2, 0) is 11.2 Å². The van der Waals surface area contributed by atoms with Crippen molar-refractivity contribution in [3.63, 3.8) is 0 Å². The fraction of sp³-hybridized carbons (Fsp3) is 0.556. The first-order valence-electron chi connectivity index (χ1n) is 8.55. The van der Waals surface area contributed by atoms with Gasteiger partial charge in [-0.1, -0.05) is 43.7 Å². The van der Waals surface area contributed by atoms with Gasteiger partial charge in [0.2, 0.25) is 0 Å². The first-order chi connectivity index (χ1) is 11.1. The normalized spacial score (nSPS) is 25.7. The number of hydrogen-bond donors (Lipinski definition) is 1. The van der Waals surface area contributed by atoms with Crippen LogP contribution in [0, 0.1) is 0 Å². The molecule has 0 aromatic heterocycles. The number of likely N-dealkylation sites (tertiary alicyclic amines) is 1. The smallest absolute Gasteiger partial charge is 0.323 e. The zero-order valence-electron chi connectivity index (χ0n) is 13.8. The van der Waals surface area contributed by atoms with Crippen LogP contribution in [0.3, 0.4) is 0 Å². The van der Waals surface area contributed by atoms with Crippen molar-refractivity contribution in [1.29, 1.82) is 0 Å². The zero-order valence-corrected chi connectivity index (χ0v) is 13.8. The van der Waals surface area contributed by atoms with E-state index in [4.69, 9.17) is 0 Å². The number of nitrogens with one attached hydrogen (secondary N) is 1. The van der Waals surface area contributed by atoms with Crippen LogP contribution in [0.5, 0.6) is 0 Å². The number of hydrogen-bond acceptors (Lipinski definition) is 3. The second kappa shape index (κ2) is 6.71. The molecule has 124 valence electrons. The molecule has 3 amide bonds. The molecule has 1 unspecified atom stereocenters. The van der Waals surface area contributed by atoms with E-state index < -0.39 is 5.54 Å². The van der Waals surface area contributed by atoms with E-state index in [9.17, 15) is 9.59 Å². The third-order valence-corrected chi connectivity index (χ3v) is 4.99. The van der Waals surface area contributed by atoms with Gasteiger partial charge in [0.25, 0.3) is 5.91 Å². The summed E-state index contributed by atoms with van der Waals surface area (Å²) in [6.45, 7) is 4.32. The molecule has 0 spiro atoms. The van der Waals surface area contributed by atoms with E-state index in [1.807, 2.05) is 37.3 Å². The predicted molar refractivity (Wildman–Crippen MR) is 88.8 cm³/mol. The third kappa shape index (κ3) is 3.24. The lowest BCUT2D eigenvalue weighted by atomic mass is 9.88. The van der Waals surface area contributed by atoms with Gasteiger partial charge < -0.3 is 5.32 Å². The van der Waals surface area contributed by atoms with Gasteiger partial charge in [-0.2, -0.15) is 0 Å². The van der Waals surface area contributed by atoms with Gasteiger partial charge >= 0.3 is 6.03 Å². The zero-order chi connectivity index (χ0) is 16.3. The van der Waals surface area contributed by atoms with Gasteiger partial charge in [-0.05, 0) is 37.9 Å². The molecule has 0 saturated carbocycles. The van der Waals surface area contributed by atoms with E-state index >= 15 is 0 Å². The highest BCUT2D eigenvalue weighted by Gasteiger charge is 2.50. The summed E-state index contributed by atoms with van der Waals surface area (Å²) in [6.07, 6.45) is 4.68. The fourth-order valence-electron chi connectivity index (χ4n) is 3.53. The van der Waals surface area contributed by atoms with E-state index in [0.717, 1.165) is 31.5 Å². The molecule has 5 heteroatoms. The minimum atomic E-state index is -0.797. The van der Waals surface area contributed by atoms with Crippen LogP contribution in [0.25, 0.3) is 0 Å². The van der Waals surface area contributed by atoms with Crippen molar-refractivity contribution in [3.05, 3.63) is 35.9 Å². The highest BCUT2D eigenvalue weighted by Crippen LogP contribution is 2.26. The molecule has 1 aromatic carbocycles. The monoisotopic (exact) mass is 315 g/mol. The SMILES string of the molecule is CCC1(Cc2ccccc2)NC(=O)N(CN2CCCCC2)C1=O. The molecule has 2 heterocycles. The van der Waals surface area contributed by atoms with E-state index in [1.54, 1.807) is 0 Å². The lowest BCUT2D eigenvalue weighted by Gasteiger charge is -2.30. The second-order valence-electron chi connectivity index (χ2n) is 6.58. The summed E-state index contributed by atoms with van der Waals surface area (Å²) in [7, 11) is 0. The standard InChI is InChI=1S/C18H25N3O2/c1-2-18(13-15-9-5-3-6-10-15)16(22)21(17(23)19-18)14-20-11-7-4-8-12-20/h3,5-6,9-10H,2,4,7-8,11-14H2,1H3,(H,19,23). The Hall–Kier alpha value is -1.88. The Balaban J connectivity index is 1.74. The van der Waals surface area contributed by atoms with Crippen molar-refractivity contribution in [2.45, 2.75) is 44.6 Å². The molecular formula is C18H25N3O2.